The summed E-state index contributed by atoms with van der Waals surface area (Å²) in [5, 5.41) is 13.7. The normalized spacial score (nSPS) is 12.9. The van der Waals surface area contributed by atoms with Crippen LogP contribution in [-0.4, -0.2) is 20.9 Å². The Labute approximate surface area is 97.7 Å². The maximum absolute atomic E-state index is 13.8. The van der Waals surface area contributed by atoms with E-state index in [1.54, 1.807) is 30.9 Å². The van der Waals surface area contributed by atoms with E-state index >= 15 is 0 Å². The minimum Gasteiger partial charge on any atom is -0.481 e. The lowest BCUT2D eigenvalue weighted by molar-refractivity contribution is -0.141. The van der Waals surface area contributed by atoms with E-state index in [0.717, 1.165) is 5.39 Å². The molecule has 5 heteroatoms. The summed E-state index contributed by atoms with van der Waals surface area (Å²) in [6.45, 7) is 1.56. The molecule has 1 atom stereocenters. The SMILES string of the molecule is CC(Cc1cc2cnn(C)c2cc1F)C(=O)O. The van der Waals surface area contributed by atoms with Gasteiger partial charge in [-0.25, -0.2) is 4.39 Å². The molecule has 0 amide bonds. The number of aryl methyl sites for hydroxylation is 1. The van der Waals surface area contributed by atoms with E-state index in [9.17, 15) is 9.18 Å². The second kappa shape index (κ2) is 4.16. The van der Waals surface area contributed by atoms with E-state index in [1.165, 1.54) is 6.07 Å². The average Bonchev–Trinajstić information content (AvgIpc) is 2.61. The van der Waals surface area contributed by atoms with Gasteiger partial charge >= 0.3 is 5.97 Å². The van der Waals surface area contributed by atoms with E-state index in [1.807, 2.05) is 0 Å². The largest absolute Gasteiger partial charge is 0.481 e. The Morgan fingerprint density at radius 3 is 2.94 bits per heavy atom. The zero-order valence-corrected chi connectivity index (χ0v) is 9.64. The van der Waals surface area contributed by atoms with E-state index in [2.05, 4.69) is 5.10 Å². The zero-order valence-electron chi connectivity index (χ0n) is 9.64. The van der Waals surface area contributed by atoms with E-state index in [4.69, 9.17) is 5.11 Å². The molecule has 0 aliphatic carbocycles. The summed E-state index contributed by atoms with van der Waals surface area (Å²) in [5.41, 5.74) is 1.12. The highest BCUT2D eigenvalue weighted by Crippen LogP contribution is 2.21. The Balaban J connectivity index is 2.41. The molecular weight excluding hydrogens is 223 g/mol. The smallest absolute Gasteiger partial charge is 0.306 e. The Bertz CT molecular complexity index is 577. The first kappa shape index (κ1) is 11.6. The number of aromatic nitrogens is 2. The van der Waals surface area contributed by atoms with Crippen LogP contribution in [0.2, 0.25) is 0 Å². The van der Waals surface area contributed by atoms with Crippen LogP contribution in [0.3, 0.4) is 0 Å². The van der Waals surface area contributed by atoms with Crippen LogP contribution >= 0.6 is 0 Å². The van der Waals surface area contributed by atoms with Gasteiger partial charge in [-0.2, -0.15) is 5.10 Å². The molecule has 4 nitrogen and oxygen atoms in total. The molecule has 0 aliphatic rings. The van der Waals surface area contributed by atoms with Crippen molar-refractivity contribution in [3.63, 3.8) is 0 Å². The van der Waals surface area contributed by atoms with Crippen LogP contribution in [0.25, 0.3) is 10.9 Å². The maximum Gasteiger partial charge on any atom is 0.306 e. The van der Waals surface area contributed by atoms with Crippen molar-refractivity contribution in [3.05, 3.63) is 29.7 Å². The number of carboxylic acids is 1. The van der Waals surface area contributed by atoms with Gasteiger partial charge in [-0.05, 0) is 18.1 Å². The fraction of sp³-hybridized carbons (Fsp3) is 0.333. The summed E-state index contributed by atoms with van der Waals surface area (Å²) in [5.74, 6) is -1.90. The standard InChI is InChI=1S/C12H13FN2O2/c1-7(12(16)17)3-8-4-9-6-14-15(2)11(9)5-10(8)13/h4-7H,3H2,1-2H3,(H,16,17). The average molecular weight is 236 g/mol. The number of hydrogen-bond donors (Lipinski definition) is 1. The molecule has 1 heterocycles. The number of nitrogens with zero attached hydrogens (tertiary/aromatic N) is 2. The molecular formula is C12H13FN2O2. The number of carboxylic acid groups (broad SMARTS) is 1. The molecule has 0 bridgehead atoms. The fourth-order valence-corrected chi connectivity index (χ4v) is 1.79. The first-order valence-corrected chi connectivity index (χ1v) is 5.32. The second-order valence-corrected chi connectivity index (χ2v) is 4.21. The number of aliphatic carboxylic acids is 1. The number of fused-ring (bicyclic) bond motifs is 1. The van der Waals surface area contributed by atoms with Crippen LogP contribution in [0.15, 0.2) is 18.3 Å². The van der Waals surface area contributed by atoms with Gasteiger partial charge in [-0.1, -0.05) is 6.92 Å². The van der Waals surface area contributed by atoms with Gasteiger partial charge in [0, 0.05) is 18.5 Å². The van der Waals surface area contributed by atoms with Crippen LogP contribution < -0.4 is 0 Å². The summed E-state index contributed by atoms with van der Waals surface area (Å²) in [6.07, 6.45) is 1.83. The third-order valence-corrected chi connectivity index (χ3v) is 2.86. The van der Waals surface area contributed by atoms with Crippen molar-refractivity contribution in [1.82, 2.24) is 9.78 Å². The lowest BCUT2D eigenvalue weighted by Crippen LogP contribution is -2.13. The summed E-state index contributed by atoms with van der Waals surface area (Å²) < 4.78 is 15.4. The van der Waals surface area contributed by atoms with Gasteiger partial charge in [0.05, 0.1) is 17.6 Å². The van der Waals surface area contributed by atoms with E-state index < -0.39 is 11.9 Å². The van der Waals surface area contributed by atoms with Crippen LogP contribution in [0.4, 0.5) is 4.39 Å². The first-order chi connectivity index (χ1) is 7.99. The first-order valence-electron chi connectivity index (χ1n) is 5.32. The Morgan fingerprint density at radius 1 is 1.59 bits per heavy atom. The van der Waals surface area contributed by atoms with Gasteiger partial charge in [0.2, 0.25) is 0 Å². The second-order valence-electron chi connectivity index (χ2n) is 4.21. The molecule has 0 saturated heterocycles. The summed E-state index contributed by atoms with van der Waals surface area (Å²) in [4.78, 5) is 10.7. The maximum atomic E-state index is 13.8. The van der Waals surface area contributed by atoms with Crippen LogP contribution in [0.5, 0.6) is 0 Å². The van der Waals surface area contributed by atoms with Gasteiger partial charge < -0.3 is 5.11 Å². The minimum absolute atomic E-state index is 0.187. The lowest BCUT2D eigenvalue weighted by Gasteiger charge is -2.07. The molecule has 1 unspecified atom stereocenters. The van der Waals surface area contributed by atoms with E-state index in [0.29, 0.717) is 11.1 Å². The van der Waals surface area contributed by atoms with Crippen molar-refractivity contribution in [3.8, 4) is 0 Å². The van der Waals surface area contributed by atoms with Crippen molar-refractivity contribution in [2.75, 3.05) is 0 Å². The molecule has 0 aliphatic heterocycles. The van der Waals surface area contributed by atoms with Crippen LogP contribution in [0, 0.1) is 11.7 Å². The van der Waals surface area contributed by atoms with Gasteiger partial charge in [-0.15, -0.1) is 0 Å². The monoisotopic (exact) mass is 236 g/mol. The highest BCUT2D eigenvalue weighted by Gasteiger charge is 2.15. The van der Waals surface area contributed by atoms with Gasteiger partial charge in [0.1, 0.15) is 5.82 Å². The predicted octanol–water partition coefficient (Wildman–Crippen LogP) is 1.98. The molecule has 90 valence electrons. The van der Waals surface area contributed by atoms with Gasteiger partial charge in [0.15, 0.2) is 0 Å². The third kappa shape index (κ3) is 2.13. The summed E-state index contributed by atoms with van der Waals surface area (Å²) >= 11 is 0. The number of benzene rings is 1. The molecule has 1 N–H and O–H groups in total. The van der Waals surface area contributed by atoms with Gasteiger partial charge in [-0.3, -0.25) is 9.48 Å². The number of carbonyl (C=O) groups is 1. The molecule has 0 saturated carbocycles. The molecule has 17 heavy (non-hydrogen) atoms. The topological polar surface area (TPSA) is 55.1 Å². The molecule has 1 aromatic heterocycles. The van der Waals surface area contributed by atoms with Crippen molar-refractivity contribution < 1.29 is 14.3 Å². The molecule has 0 radical (unpaired) electrons. The Hall–Kier alpha value is -1.91. The summed E-state index contributed by atoms with van der Waals surface area (Å²) in [7, 11) is 1.74. The highest BCUT2D eigenvalue weighted by molar-refractivity contribution is 5.79. The molecule has 0 fully saturated rings. The number of hydrogen-bond acceptors (Lipinski definition) is 2. The van der Waals surface area contributed by atoms with Crippen molar-refractivity contribution >= 4 is 16.9 Å². The van der Waals surface area contributed by atoms with Crippen LogP contribution in [-0.2, 0) is 18.3 Å². The van der Waals surface area contributed by atoms with Gasteiger partial charge in [0.25, 0.3) is 0 Å². The minimum atomic E-state index is -0.921. The molecule has 2 aromatic rings. The quantitative estimate of drug-likeness (QED) is 0.886. The summed E-state index contributed by atoms with van der Waals surface area (Å²) in [6, 6.07) is 3.06. The predicted molar refractivity (Wildman–Crippen MR) is 61.2 cm³/mol. The molecule has 0 spiro atoms. The van der Waals surface area contributed by atoms with Crippen molar-refractivity contribution in [2.45, 2.75) is 13.3 Å². The van der Waals surface area contributed by atoms with Crippen molar-refractivity contribution in [2.24, 2.45) is 13.0 Å². The third-order valence-electron chi connectivity index (χ3n) is 2.86. The number of halogens is 1. The van der Waals surface area contributed by atoms with E-state index in [-0.39, 0.29) is 12.2 Å². The molecule has 2 rings (SSSR count). The van der Waals surface area contributed by atoms with Crippen molar-refractivity contribution in [1.29, 1.82) is 0 Å². The Kier molecular flexibility index (Phi) is 2.83. The highest BCUT2D eigenvalue weighted by atomic mass is 19.1. The number of rotatable bonds is 3. The van der Waals surface area contributed by atoms with Crippen LogP contribution in [0.1, 0.15) is 12.5 Å². The zero-order chi connectivity index (χ0) is 12.6. The Morgan fingerprint density at radius 2 is 2.29 bits per heavy atom. The molecule has 1 aromatic carbocycles. The lowest BCUT2D eigenvalue weighted by atomic mass is 10.00. The fourth-order valence-electron chi connectivity index (χ4n) is 1.79.